The minimum Gasteiger partial charge on any atom is -0.245 e. The molecule has 0 aliphatic heterocycles. The molecule has 1 saturated carbocycles. The quantitative estimate of drug-likeness (QED) is 0.756. The van der Waals surface area contributed by atoms with Crippen molar-refractivity contribution in [1.82, 2.24) is 15.0 Å². The molecule has 0 amide bonds. The molecule has 0 bridgehead atoms. The second-order valence-corrected chi connectivity index (χ2v) is 3.61. The van der Waals surface area contributed by atoms with Gasteiger partial charge in [0.1, 0.15) is 0 Å². The van der Waals surface area contributed by atoms with Gasteiger partial charge in [-0.25, -0.2) is 4.68 Å². The van der Waals surface area contributed by atoms with Crippen molar-refractivity contribution >= 4 is 15.9 Å². The third-order valence-electron chi connectivity index (χ3n) is 1.97. The minimum absolute atomic E-state index is 0.642. The fraction of sp³-hybridized carbons (Fsp3) is 0.714. The van der Waals surface area contributed by atoms with Gasteiger partial charge in [-0.1, -0.05) is 12.1 Å². The lowest BCUT2D eigenvalue weighted by Gasteiger charge is -1.99. The van der Waals surface area contributed by atoms with Crippen LogP contribution in [0.5, 0.6) is 0 Å². The number of halogens is 1. The van der Waals surface area contributed by atoms with Crippen LogP contribution in [0.15, 0.2) is 4.60 Å². The Bertz CT molecular complexity index is 265. The predicted molar refractivity (Wildman–Crippen MR) is 45.4 cm³/mol. The molecule has 1 heterocycles. The molecule has 1 aromatic rings. The number of rotatable bonds is 2. The summed E-state index contributed by atoms with van der Waals surface area (Å²) in [6, 6.07) is 0.642. The highest BCUT2D eigenvalue weighted by Crippen LogP contribution is 2.36. The summed E-state index contributed by atoms with van der Waals surface area (Å²) < 4.78 is 2.95. The predicted octanol–water partition coefficient (Wildman–Crippen LogP) is 1.94. The van der Waals surface area contributed by atoms with E-state index in [1.165, 1.54) is 18.5 Å². The van der Waals surface area contributed by atoms with Crippen LogP contribution in [0.1, 0.15) is 31.5 Å². The van der Waals surface area contributed by atoms with Gasteiger partial charge in [-0.3, -0.25) is 0 Å². The molecule has 0 spiro atoms. The minimum atomic E-state index is 0.642. The maximum atomic E-state index is 4.07. The number of nitrogens with zero attached hydrogens (tertiary/aromatic N) is 3. The molecule has 2 rings (SSSR count). The van der Waals surface area contributed by atoms with Gasteiger partial charge in [0, 0.05) is 0 Å². The zero-order valence-electron chi connectivity index (χ0n) is 6.42. The van der Waals surface area contributed by atoms with E-state index >= 15 is 0 Å². The molecule has 0 aromatic carbocycles. The lowest BCUT2D eigenvalue weighted by atomic mass is 10.3. The first-order valence-corrected chi connectivity index (χ1v) is 4.71. The van der Waals surface area contributed by atoms with Gasteiger partial charge in [0.2, 0.25) is 0 Å². The zero-order valence-corrected chi connectivity index (χ0v) is 8.00. The smallest absolute Gasteiger partial charge is 0.151 e. The maximum absolute atomic E-state index is 4.07. The number of aromatic nitrogens is 3. The van der Waals surface area contributed by atoms with E-state index in [0.717, 1.165) is 11.0 Å². The van der Waals surface area contributed by atoms with Crippen molar-refractivity contribution in [3.05, 3.63) is 10.3 Å². The molecule has 1 aromatic heterocycles. The van der Waals surface area contributed by atoms with Gasteiger partial charge in [-0.05, 0) is 35.2 Å². The van der Waals surface area contributed by atoms with Gasteiger partial charge in [-0.15, -0.1) is 5.10 Å². The van der Waals surface area contributed by atoms with E-state index in [0.29, 0.717) is 6.04 Å². The van der Waals surface area contributed by atoms with Crippen molar-refractivity contribution in [3.63, 3.8) is 0 Å². The topological polar surface area (TPSA) is 30.7 Å². The van der Waals surface area contributed by atoms with Crippen LogP contribution in [0.2, 0.25) is 0 Å². The summed E-state index contributed by atoms with van der Waals surface area (Å²) in [6.07, 6.45) is 3.54. The molecule has 4 heteroatoms. The van der Waals surface area contributed by atoms with Crippen molar-refractivity contribution in [3.8, 4) is 0 Å². The summed E-state index contributed by atoms with van der Waals surface area (Å²) >= 11 is 3.38. The van der Waals surface area contributed by atoms with Gasteiger partial charge in [-0.2, -0.15) is 0 Å². The van der Waals surface area contributed by atoms with E-state index in [9.17, 15) is 0 Å². The molecule has 60 valence electrons. The van der Waals surface area contributed by atoms with Crippen molar-refractivity contribution in [2.24, 2.45) is 0 Å². The molecule has 1 aliphatic carbocycles. The van der Waals surface area contributed by atoms with Crippen LogP contribution in [0.4, 0.5) is 0 Å². The highest BCUT2D eigenvalue weighted by atomic mass is 79.9. The van der Waals surface area contributed by atoms with Crippen LogP contribution >= 0.6 is 15.9 Å². The Balaban J connectivity index is 2.36. The highest BCUT2D eigenvalue weighted by Gasteiger charge is 2.27. The van der Waals surface area contributed by atoms with Gasteiger partial charge < -0.3 is 0 Å². The van der Waals surface area contributed by atoms with Gasteiger partial charge in [0.15, 0.2) is 4.60 Å². The van der Waals surface area contributed by atoms with Crippen molar-refractivity contribution in [1.29, 1.82) is 0 Å². The molecule has 11 heavy (non-hydrogen) atoms. The second-order valence-electron chi connectivity index (χ2n) is 2.86. The lowest BCUT2D eigenvalue weighted by molar-refractivity contribution is 0.585. The van der Waals surface area contributed by atoms with E-state index < -0.39 is 0 Å². The van der Waals surface area contributed by atoms with Crippen LogP contribution in [0.3, 0.4) is 0 Å². The van der Waals surface area contributed by atoms with Crippen LogP contribution < -0.4 is 0 Å². The van der Waals surface area contributed by atoms with E-state index in [4.69, 9.17) is 0 Å². The number of hydrogen-bond acceptors (Lipinski definition) is 2. The van der Waals surface area contributed by atoms with Crippen LogP contribution in [-0.4, -0.2) is 15.0 Å². The van der Waals surface area contributed by atoms with Gasteiger partial charge in [0.05, 0.1) is 11.7 Å². The SMILES string of the molecule is CCc1c(Br)nnn1C1CC1. The van der Waals surface area contributed by atoms with E-state index in [1.54, 1.807) is 0 Å². The van der Waals surface area contributed by atoms with Crippen LogP contribution in [-0.2, 0) is 6.42 Å². The Kier molecular flexibility index (Phi) is 1.71. The molecule has 0 saturated heterocycles. The summed E-state index contributed by atoms with van der Waals surface area (Å²) in [4.78, 5) is 0. The summed E-state index contributed by atoms with van der Waals surface area (Å²) in [5, 5.41) is 8.05. The standard InChI is InChI=1S/C7H10BrN3/c1-2-6-7(8)9-10-11(6)5-3-4-5/h5H,2-4H2,1H3. The Labute approximate surface area is 73.9 Å². The Hall–Kier alpha value is -0.380. The van der Waals surface area contributed by atoms with E-state index in [2.05, 4.69) is 33.2 Å². The summed E-state index contributed by atoms with van der Waals surface area (Å²) in [5.74, 6) is 0. The van der Waals surface area contributed by atoms with E-state index in [-0.39, 0.29) is 0 Å². The average Bonchev–Trinajstić information content (AvgIpc) is 2.76. The highest BCUT2D eigenvalue weighted by molar-refractivity contribution is 9.10. The second kappa shape index (κ2) is 2.59. The monoisotopic (exact) mass is 215 g/mol. The maximum Gasteiger partial charge on any atom is 0.151 e. The fourth-order valence-corrected chi connectivity index (χ4v) is 1.75. The molecule has 0 atom stereocenters. The van der Waals surface area contributed by atoms with Gasteiger partial charge >= 0.3 is 0 Å². The van der Waals surface area contributed by atoms with E-state index in [1.807, 2.05) is 4.68 Å². The Morgan fingerprint density at radius 3 is 2.91 bits per heavy atom. The molecule has 3 nitrogen and oxygen atoms in total. The zero-order chi connectivity index (χ0) is 7.84. The molecule has 1 aliphatic rings. The Morgan fingerprint density at radius 1 is 1.64 bits per heavy atom. The third-order valence-corrected chi connectivity index (χ3v) is 2.59. The largest absolute Gasteiger partial charge is 0.245 e. The summed E-state index contributed by atoms with van der Waals surface area (Å²) in [5.41, 5.74) is 1.23. The van der Waals surface area contributed by atoms with Crippen LogP contribution in [0, 0.1) is 0 Å². The normalized spacial score (nSPS) is 17.3. The van der Waals surface area contributed by atoms with Crippen molar-refractivity contribution in [2.75, 3.05) is 0 Å². The third kappa shape index (κ3) is 1.20. The summed E-state index contributed by atoms with van der Waals surface area (Å²) in [7, 11) is 0. The molecule has 0 radical (unpaired) electrons. The first-order chi connectivity index (χ1) is 5.33. The van der Waals surface area contributed by atoms with Crippen molar-refractivity contribution < 1.29 is 0 Å². The number of hydrogen-bond donors (Lipinski definition) is 0. The Morgan fingerprint density at radius 2 is 2.36 bits per heavy atom. The molecule has 0 N–H and O–H groups in total. The van der Waals surface area contributed by atoms with Gasteiger partial charge in [0.25, 0.3) is 0 Å². The first kappa shape index (κ1) is 7.28. The lowest BCUT2D eigenvalue weighted by Crippen LogP contribution is -2.01. The van der Waals surface area contributed by atoms with Crippen LogP contribution in [0.25, 0.3) is 0 Å². The summed E-state index contributed by atoms with van der Waals surface area (Å²) in [6.45, 7) is 2.13. The van der Waals surface area contributed by atoms with Crippen molar-refractivity contribution in [2.45, 2.75) is 32.2 Å². The first-order valence-electron chi connectivity index (χ1n) is 3.92. The fourth-order valence-electron chi connectivity index (χ4n) is 1.21. The molecule has 0 unspecified atom stereocenters. The molecule has 1 fully saturated rings. The molecular weight excluding hydrogens is 206 g/mol. The molecular formula is C7H10BrN3. The average molecular weight is 216 g/mol.